The van der Waals surface area contributed by atoms with Crippen LogP contribution in [-0.4, -0.2) is 44.8 Å². The summed E-state index contributed by atoms with van der Waals surface area (Å²) in [5, 5.41) is 6.67. The normalized spacial score (nSPS) is 14.9. The maximum absolute atomic E-state index is 13.2. The van der Waals surface area contributed by atoms with E-state index in [9.17, 15) is 9.18 Å². The second kappa shape index (κ2) is 13.6. The molecule has 3 aromatic carbocycles. The number of fused-ring (bicyclic) bond motifs is 1. The van der Waals surface area contributed by atoms with Gasteiger partial charge in [0.15, 0.2) is 6.10 Å². The van der Waals surface area contributed by atoms with Crippen LogP contribution in [0.4, 0.5) is 15.8 Å². The number of anilines is 2. The summed E-state index contributed by atoms with van der Waals surface area (Å²) in [4.78, 5) is 15.1. The predicted molar refractivity (Wildman–Crippen MR) is 141 cm³/mol. The second-order valence-electron chi connectivity index (χ2n) is 8.78. The first kappa shape index (κ1) is 25.7. The van der Waals surface area contributed by atoms with Crippen molar-refractivity contribution in [3.8, 4) is 5.75 Å². The van der Waals surface area contributed by atoms with Gasteiger partial charge in [-0.05, 0) is 61.3 Å². The molecular formula is C29H34FN3O3. The average molecular weight is 492 g/mol. The Hall–Kier alpha value is -3.42. The molecule has 190 valence electrons. The molecule has 7 heteroatoms. The summed E-state index contributed by atoms with van der Waals surface area (Å²) in [5.74, 6) is 0.506. The van der Waals surface area contributed by atoms with Gasteiger partial charge in [-0.3, -0.25) is 4.79 Å². The van der Waals surface area contributed by atoms with Crippen LogP contribution in [0.3, 0.4) is 0 Å². The number of amides is 1. The first-order chi connectivity index (χ1) is 17.7. The largest absolute Gasteiger partial charge is 0.478 e. The van der Waals surface area contributed by atoms with Crippen LogP contribution < -0.4 is 20.3 Å². The Morgan fingerprint density at radius 3 is 2.50 bits per heavy atom. The molecule has 0 aromatic heterocycles. The number of benzene rings is 3. The third-order valence-electron chi connectivity index (χ3n) is 6.06. The first-order valence-corrected chi connectivity index (χ1v) is 12.6. The van der Waals surface area contributed by atoms with Crippen molar-refractivity contribution in [3.63, 3.8) is 0 Å². The lowest BCUT2D eigenvalue weighted by molar-refractivity contribution is -0.127. The highest BCUT2D eigenvalue weighted by Crippen LogP contribution is 2.34. The summed E-state index contributed by atoms with van der Waals surface area (Å²) >= 11 is 0. The zero-order valence-corrected chi connectivity index (χ0v) is 20.5. The lowest BCUT2D eigenvalue weighted by atomic mass is 10.1. The molecule has 1 aliphatic heterocycles. The van der Waals surface area contributed by atoms with Crippen LogP contribution >= 0.6 is 0 Å². The molecule has 36 heavy (non-hydrogen) atoms. The van der Waals surface area contributed by atoms with E-state index in [1.165, 1.54) is 12.1 Å². The molecule has 0 saturated heterocycles. The first-order valence-electron chi connectivity index (χ1n) is 12.6. The standard InChI is InChI=1S/C29H34FN3O3/c30-24-12-14-25(15-13-24)32-19-18-31-17-6-7-20-33-26-10-4-5-11-27(26)36-28(29(33)34)16-21-35-22-23-8-2-1-3-9-23/h1-5,8-15,28,31-32H,6-7,16-22H2. The Kier molecular flexibility index (Phi) is 9.70. The SMILES string of the molecule is O=C1C(CCOCc2ccccc2)Oc2ccccc2N1CCCCNCCNc1ccc(F)cc1. The van der Waals surface area contributed by atoms with Crippen LogP contribution in [0.15, 0.2) is 78.9 Å². The summed E-state index contributed by atoms with van der Waals surface area (Å²) in [6, 6.07) is 24.1. The van der Waals surface area contributed by atoms with E-state index in [-0.39, 0.29) is 11.7 Å². The summed E-state index contributed by atoms with van der Waals surface area (Å²) in [6.45, 7) is 4.06. The molecule has 6 nitrogen and oxygen atoms in total. The minimum Gasteiger partial charge on any atom is -0.478 e. The van der Waals surface area contributed by atoms with Gasteiger partial charge in [-0.1, -0.05) is 42.5 Å². The van der Waals surface area contributed by atoms with E-state index in [1.54, 1.807) is 12.1 Å². The molecule has 2 N–H and O–H groups in total. The van der Waals surface area contributed by atoms with Crippen molar-refractivity contribution in [1.29, 1.82) is 0 Å². The Labute approximate surface area is 212 Å². The summed E-state index contributed by atoms with van der Waals surface area (Å²) in [6.07, 6.45) is 1.81. The molecule has 0 bridgehead atoms. The van der Waals surface area contributed by atoms with Crippen molar-refractivity contribution in [3.05, 3.63) is 90.2 Å². The van der Waals surface area contributed by atoms with Crippen molar-refractivity contribution < 1.29 is 18.7 Å². The quantitative estimate of drug-likeness (QED) is 0.311. The number of unbranched alkanes of at least 4 members (excludes halogenated alkanes) is 1. The second-order valence-corrected chi connectivity index (χ2v) is 8.78. The number of ether oxygens (including phenoxy) is 2. The Balaban J connectivity index is 1.17. The van der Waals surface area contributed by atoms with E-state index < -0.39 is 6.10 Å². The lowest BCUT2D eigenvalue weighted by Gasteiger charge is -2.34. The zero-order valence-electron chi connectivity index (χ0n) is 20.5. The topological polar surface area (TPSA) is 62.8 Å². The van der Waals surface area contributed by atoms with Crippen molar-refractivity contribution in [2.24, 2.45) is 0 Å². The maximum atomic E-state index is 13.2. The van der Waals surface area contributed by atoms with Crippen LogP contribution in [0, 0.1) is 5.82 Å². The number of carbonyl (C=O) groups is 1. The Bertz CT molecular complexity index is 1080. The van der Waals surface area contributed by atoms with E-state index in [4.69, 9.17) is 9.47 Å². The lowest BCUT2D eigenvalue weighted by Crippen LogP contribution is -2.46. The number of hydrogen-bond donors (Lipinski definition) is 2. The minimum atomic E-state index is -0.536. The van der Waals surface area contributed by atoms with Gasteiger partial charge < -0.3 is 25.0 Å². The molecule has 3 aromatic rings. The summed E-state index contributed by atoms with van der Waals surface area (Å²) in [5.41, 5.74) is 2.85. The zero-order chi connectivity index (χ0) is 25.0. The number of nitrogens with zero attached hydrogens (tertiary/aromatic N) is 1. The highest BCUT2D eigenvalue weighted by molar-refractivity contribution is 6.00. The van der Waals surface area contributed by atoms with E-state index in [0.717, 1.165) is 55.2 Å². The molecule has 4 rings (SSSR count). The van der Waals surface area contributed by atoms with Crippen LogP contribution in [0.25, 0.3) is 0 Å². The molecule has 0 radical (unpaired) electrons. The number of hydrogen-bond acceptors (Lipinski definition) is 5. The van der Waals surface area contributed by atoms with Gasteiger partial charge >= 0.3 is 0 Å². The van der Waals surface area contributed by atoms with E-state index in [2.05, 4.69) is 10.6 Å². The van der Waals surface area contributed by atoms with Crippen molar-refractivity contribution in [1.82, 2.24) is 5.32 Å². The highest BCUT2D eigenvalue weighted by atomic mass is 19.1. The molecule has 0 spiro atoms. The van der Waals surface area contributed by atoms with Gasteiger partial charge in [0.05, 0.1) is 18.9 Å². The van der Waals surface area contributed by atoms with Gasteiger partial charge in [0.2, 0.25) is 0 Å². The molecule has 0 fully saturated rings. The Morgan fingerprint density at radius 1 is 0.889 bits per heavy atom. The van der Waals surface area contributed by atoms with Gasteiger partial charge in [-0.2, -0.15) is 0 Å². The van der Waals surface area contributed by atoms with Gasteiger partial charge in [-0.25, -0.2) is 4.39 Å². The number of para-hydroxylation sites is 2. The molecular weight excluding hydrogens is 457 g/mol. The molecule has 0 saturated carbocycles. The molecule has 1 unspecified atom stereocenters. The fourth-order valence-electron chi connectivity index (χ4n) is 4.15. The number of carbonyl (C=O) groups excluding carboxylic acids is 1. The molecule has 0 aliphatic carbocycles. The van der Waals surface area contributed by atoms with Gasteiger partial charge in [0.25, 0.3) is 5.91 Å². The van der Waals surface area contributed by atoms with Crippen LogP contribution in [0.1, 0.15) is 24.8 Å². The minimum absolute atomic E-state index is 0.00605. The van der Waals surface area contributed by atoms with Gasteiger partial charge in [0, 0.05) is 31.7 Å². The predicted octanol–water partition coefficient (Wildman–Crippen LogP) is 5.01. The van der Waals surface area contributed by atoms with E-state index >= 15 is 0 Å². The smallest absolute Gasteiger partial charge is 0.268 e. The van der Waals surface area contributed by atoms with Crippen LogP contribution in [0.2, 0.25) is 0 Å². The summed E-state index contributed by atoms with van der Waals surface area (Å²) < 4.78 is 24.8. The maximum Gasteiger partial charge on any atom is 0.268 e. The fourth-order valence-corrected chi connectivity index (χ4v) is 4.15. The number of nitrogens with one attached hydrogen (secondary N) is 2. The van der Waals surface area contributed by atoms with Crippen LogP contribution in [0.5, 0.6) is 5.75 Å². The van der Waals surface area contributed by atoms with Crippen molar-refractivity contribution in [2.75, 3.05) is 43.0 Å². The third-order valence-corrected chi connectivity index (χ3v) is 6.06. The fraction of sp³-hybridized carbons (Fsp3) is 0.345. The Morgan fingerprint density at radius 2 is 1.67 bits per heavy atom. The monoisotopic (exact) mass is 491 g/mol. The van der Waals surface area contributed by atoms with Crippen molar-refractivity contribution >= 4 is 17.3 Å². The van der Waals surface area contributed by atoms with Gasteiger partial charge in [-0.15, -0.1) is 0 Å². The van der Waals surface area contributed by atoms with Crippen LogP contribution in [-0.2, 0) is 16.1 Å². The van der Waals surface area contributed by atoms with Gasteiger partial charge in [0.1, 0.15) is 11.6 Å². The summed E-state index contributed by atoms with van der Waals surface area (Å²) in [7, 11) is 0. The molecule has 1 heterocycles. The number of halogens is 1. The third kappa shape index (κ3) is 7.54. The molecule has 1 aliphatic rings. The number of rotatable bonds is 14. The van der Waals surface area contributed by atoms with E-state index in [0.29, 0.717) is 26.2 Å². The highest BCUT2D eigenvalue weighted by Gasteiger charge is 2.33. The van der Waals surface area contributed by atoms with E-state index in [1.807, 2.05) is 59.5 Å². The molecule has 1 atom stereocenters. The molecule has 1 amide bonds. The van der Waals surface area contributed by atoms with Crippen molar-refractivity contribution in [2.45, 2.75) is 32.0 Å². The average Bonchev–Trinajstić information content (AvgIpc) is 2.91.